The molecule has 1 spiro atoms. The van der Waals surface area contributed by atoms with Crippen LogP contribution in [0.4, 0.5) is 0 Å². The molecule has 0 aromatic carbocycles. The Kier molecular flexibility index (Phi) is 1.02. The van der Waals surface area contributed by atoms with E-state index in [1.165, 1.54) is 0 Å². The molecule has 0 aromatic heterocycles. The maximum atomic E-state index is 10.9. The van der Waals surface area contributed by atoms with Gasteiger partial charge in [0.1, 0.15) is 12.1 Å². The molecule has 0 amide bonds. The van der Waals surface area contributed by atoms with Gasteiger partial charge in [-0.3, -0.25) is 4.79 Å². The van der Waals surface area contributed by atoms with Gasteiger partial charge in [-0.2, -0.15) is 0 Å². The summed E-state index contributed by atoms with van der Waals surface area (Å²) in [5.74, 6) is 0.356. The number of ketones is 1. The molecule has 0 radical (unpaired) electrons. The second-order valence-corrected chi connectivity index (χ2v) is 3.52. The first-order valence-corrected chi connectivity index (χ1v) is 3.74. The van der Waals surface area contributed by atoms with Crippen LogP contribution in [0.2, 0.25) is 0 Å². The van der Waals surface area contributed by atoms with Gasteiger partial charge in [0.15, 0.2) is 0 Å². The molecule has 1 atom stereocenters. The second kappa shape index (κ2) is 1.68. The van der Waals surface area contributed by atoms with Gasteiger partial charge in [0.05, 0.1) is 0 Å². The van der Waals surface area contributed by atoms with Crippen LogP contribution in [0.25, 0.3) is 0 Å². The van der Waals surface area contributed by atoms with E-state index in [4.69, 9.17) is 0 Å². The third kappa shape index (κ3) is 0.648. The van der Waals surface area contributed by atoms with Gasteiger partial charge in [-0.25, -0.2) is 0 Å². The molecule has 1 unspecified atom stereocenters. The van der Waals surface area contributed by atoms with E-state index in [1.807, 2.05) is 0 Å². The minimum Gasteiger partial charge on any atom is -0.303 e. The highest BCUT2D eigenvalue weighted by atomic mass is 16.1. The fourth-order valence-electron chi connectivity index (χ4n) is 1.96. The highest BCUT2D eigenvalue weighted by Gasteiger charge is 2.54. The molecule has 2 nitrogen and oxygen atoms in total. The lowest BCUT2D eigenvalue weighted by atomic mass is 9.95. The van der Waals surface area contributed by atoms with E-state index in [0.717, 1.165) is 19.1 Å². The summed E-state index contributed by atoms with van der Waals surface area (Å²) in [7, 11) is 0. The molecule has 2 aliphatic rings. The lowest BCUT2D eigenvalue weighted by Gasteiger charge is -2.07. The molecule has 2 aliphatic carbocycles. The molecule has 0 heterocycles. The minimum absolute atomic E-state index is 0.0694. The number of carbonyl (C=O) groups is 2. The van der Waals surface area contributed by atoms with Crippen molar-refractivity contribution < 1.29 is 9.59 Å². The Balaban J connectivity index is 2.20. The van der Waals surface area contributed by atoms with E-state index in [2.05, 4.69) is 0 Å². The number of rotatable bonds is 1. The summed E-state index contributed by atoms with van der Waals surface area (Å²) < 4.78 is 0. The summed E-state index contributed by atoms with van der Waals surface area (Å²) in [6.07, 6.45) is 4.36. The van der Waals surface area contributed by atoms with E-state index < -0.39 is 0 Å². The van der Waals surface area contributed by atoms with Crippen LogP contribution in [-0.4, -0.2) is 12.1 Å². The largest absolute Gasteiger partial charge is 0.303 e. The quantitative estimate of drug-likeness (QED) is 0.505. The molecule has 10 heavy (non-hydrogen) atoms. The van der Waals surface area contributed by atoms with Crippen molar-refractivity contribution in [3.63, 3.8) is 0 Å². The van der Waals surface area contributed by atoms with E-state index in [1.54, 1.807) is 0 Å². The molecule has 54 valence electrons. The average molecular weight is 138 g/mol. The molecule has 2 rings (SSSR count). The minimum atomic E-state index is 0.0694. The summed E-state index contributed by atoms with van der Waals surface area (Å²) in [4.78, 5) is 21.4. The Labute approximate surface area is 59.6 Å². The number of aldehydes is 1. The van der Waals surface area contributed by atoms with Crippen molar-refractivity contribution in [1.82, 2.24) is 0 Å². The van der Waals surface area contributed by atoms with Crippen molar-refractivity contribution >= 4 is 12.1 Å². The van der Waals surface area contributed by atoms with Crippen molar-refractivity contribution in [2.24, 2.45) is 11.3 Å². The summed E-state index contributed by atoms with van der Waals surface area (Å²) in [6.45, 7) is 0. The topological polar surface area (TPSA) is 34.1 Å². The first kappa shape index (κ1) is 6.08. The highest BCUT2D eigenvalue weighted by Crippen LogP contribution is 2.59. The zero-order valence-corrected chi connectivity index (χ0v) is 5.80. The zero-order chi connectivity index (χ0) is 7.19. The van der Waals surface area contributed by atoms with Crippen LogP contribution in [0.15, 0.2) is 0 Å². The fourth-order valence-corrected chi connectivity index (χ4v) is 1.96. The number of carbonyl (C=O) groups excluding carboxylic acids is 2. The average Bonchev–Trinajstić information content (AvgIpc) is 2.55. The van der Waals surface area contributed by atoms with Crippen LogP contribution >= 0.6 is 0 Å². The first-order valence-electron chi connectivity index (χ1n) is 3.74. The van der Waals surface area contributed by atoms with Crippen molar-refractivity contribution in [1.29, 1.82) is 0 Å². The number of hydrogen-bond acceptors (Lipinski definition) is 2. The summed E-state index contributed by atoms with van der Waals surface area (Å²) in [5, 5.41) is 0. The third-order valence-corrected chi connectivity index (χ3v) is 2.84. The molecule has 0 N–H and O–H groups in total. The van der Waals surface area contributed by atoms with Crippen LogP contribution in [0.1, 0.15) is 25.7 Å². The van der Waals surface area contributed by atoms with Gasteiger partial charge in [0, 0.05) is 18.8 Å². The normalized spacial score (nSPS) is 34.8. The smallest absolute Gasteiger partial charge is 0.134 e. The third-order valence-electron chi connectivity index (χ3n) is 2.84. The van der Waals surface area contributed by atoms with Gasteiger partial charge < -0.3 is 4.79 Å². The highest BCUT2D eigenvalue weighted by molar-refractivity contribution is 5.86. The van der Waals surface area contributed by atoms with Gasteiger partial charge >= 0.3 is 0 Å². The predicted molar refractivity (Wildman–Crippen MR) is 35.5 cm³/mol. The molecule has 0 saturated heterocycles. The Morgan fingerprint density at radius 3 is 2.60 bits per heavy atom. The second-order valence-electron chi connectivity index (χ2n) is 3.52. The van der Waals surface area contributed by atoms with Crippen LogP contribution in [-0.2, 0) is 9.59 Å². The molecule has 2 heteroatoms. The molecule has 0 bridgehead atoms. The van der Waals surface area contributed by atoms with Crippen LogP contribution in [0.3, 0.4) is 0 Å². The van der Waals surface area contributed by atoms with E-state index >= 15 is 0 Å². The van der Waals surface area contributed by atoms with E-state index in [0.29, 0.717) is 12.8 Å². The molecular weight excluding hydrogens is 128 g/mol. The zero-order valence-electron chi connectivity index (χ0n) is 5.80. The predicted octanol–water partition coefficient (Wildman–Crippen LogP) is 0.945. The van der Waals surface area contributed by atoms with Crippen molar-refractivity contribution in [3.8, 4) is 0 Å². The standard InChI is InChI=1S/C8H10O2/c9-5-6-3-7(10)4-8(6)1-2-8/h5-6H,1-4H2. The number of hydrogen-bond donors (Lipinski definition) is 0. The van der Waals surface area contributed by atoms with E-state index in [-0.39, 0.29) is 17.1 Å². The van der Waals surface area contributed by atoms with Crippen LogP contribution in [0.5, 0.6) is 0 Å². The Morgan fingerprint density at radius 1 is 1.50 bits per heavy atom. The fraction of sp³-hybridized carbons (Fsp3) is 0.750. The van der Waals surface area contributed by atoms with Gasteiger partial charge in [-0.05, 0) is 18.3 Å². The van der Waals surface area contributed by atoms with Gasteiger partial charge in [0.25, 0.3) is 0 Å². The monoisotopic (exact) mass is 138 g/mol. The van der Waals surface area contributed by atoms with Crippen molar-refractivity contribution in [2.75, 3.05) is 0 Å². The Morgan fingerprint density at radius 2 is 2.20 bits per heavy atom. The molecule has 0 aliphatic heterocycles. The number of Topliss-reactive ketones (excluding diaryl/α,β-unsaturated/α-hetero) is 1. The summed E-state index contributed by atoms with van der Waals surface area (Å²) >= 11 is 0. The molecule has 0 aromatic rings. The lowest BCUT2D eigenvalue weighted by molar-refractivity contribution is -0.119. The summed E-state index contributed by atoms with van der Waals surface area (Å²) in [5.41, 5.74) is 0.166. The van der Waals surface area contributed by atoms with E-state index in [9.17, 15) is 9.59 Å². The SMILES string of the molecule is O=CC1CC(=O)CC12CC2. The van der Waals surface area contributed by atoms with Crippen LogP contribution in [0, 0.1) is 11.3 Å². The molecule has 2 fully saturated rings. The maximum Gasteiger partial charge on any atom is 0.134 e. The van der Waals surface area contributed by atoms with Crippen LogP contribution < -0.4 is 0 Å². The van der Waals surface area contributed by atoms with Gasteiger partial charge in [-0.1, -0.05) is 0 Å². The lowest BCUT2D eigenvalue weighted by Crippen LogP contribution is -2.08. The van der Waals surface area contributed by atoms with Gasteiger partial charge in [0.2, 0.25) is 0 Å². The maximum absolute atomic E-state index is 10.9. The van der Waals surface area contributed by atoms with Crippen molar-refractivity contribution in [2.45, 2.75) is 25.7 Å². The molecular formula is C8H10O2. The Hall–Kier alpha value is -0.660. The van der Waals surface area contributed by atoms with Gasteiger partial charge in [-0.15, -0.1) is 0 Å². The Bertz CT molecular complexity index is 191. The first-order chi connectivity index (χ1) is 4.77. The molecule has 2 saturated carbocycles. The summed E-state index contributed by atoms with van der Waals surface area (Å²) in [6, 6.07) is 0. The van der Waals surface area contributed by atoms with Crippen molar-refractivity contribution in [3.05, 3.63) is 0 Å².